The molecule has 0 aromatic heterocycles. The SMILES string of the molecule is CCCCC/C=C1\[C@@H]2CC(C)(C)OC(=O)N12. The number of hydrogen-bond acceptors (Lipinski definition) is 2. The van der Waals surface area contributed by atoms with Crippen LogP contribution in [0.1, 0.15) is 52.9 Å². The second-order valence-corrected chi connectivity index (χ2v) is 5.34. The van der Waals surface area contributed by atoms with Gasteiger partial charge in [-0.25, -0.2) is 4.79 Å². The molecule has 0 aromatic rings. The maximum atomic E-state index is 11.6. The number of carbonyl (C=O) groups excluding carboxylic acids is 1. The zero-order valence-electron chi connectivity index (χ0n) is 10.5. The highest BCUT2D eigenvalue weighted by molar-refractivity contribution is 5.78. The van der Waals surface area contributed by atoms with Gasteiger partial charge in [-0.15, -0.1) is 0 Å². The van der Waals surface area contributed by atoms with Crippen LogP contribution < -0.4 is 0 Å². The highest BCUT2D eigenvalue weighted by atomic mass is 16.6. The first-order chi connectivity index (χ1) is 7.55. The largest absolute Gasteiger partial charge is 0.443 e. The maximum absolute atomic E-state index is 11.6. The summed E-state index contributed by atoms with van der Waals surface area (Å²) in [5.41, 5.74) is 0.892. The molecule has 3 heteroatoms. The molecule has 0 N–H and O–H groups in total. The molecule has 2 rings (SSSR count). The van der Waals surface area contributed by atoms with E-state index >= 15 is 0 Å². The topological polar surface area (TPSA) is 29.3 Å². The molecule has 2 heterocycles. The zero-order chi connectivity index (χ0) is 11.8. The Kier molecular flexibility index (Phi) is 2.96. The van der Waals surface area contributed by atoms with Crippen LogP contribution in [0.3, 0.4) is 0 Å². The van der Waals surface area contributed by atoms with Crippen molar-refractivity contribution < 1.29 is 9.53 Å². The molecule has 1 amide bonds. The molecule has 0 unspecified atom stereocenters. The molecule has 2 fully saturated rings. The summed E-state index contributed by atoms with van der Waals surface area (Å²) in [6, 6.07) is 0.331. The summed E-state index contributed by atoms with van der Waals surface area (Å²) in [4.78, 5) is 13.4. The van der Waals surface area contributed by atoms with Gasteiger partial charge in [-0.2, -0.15) is 0 Å². The van der Waals surface area contributed by atoms with Gasteiger partial charge in [-0.3, -0.25) is 4.90 Å². The van der Waals surface area contributed by atoms with Gasteiger partial charge < -0.3 is 4.74 Å². The first-order valence-corrected chi connectivity index (χ1v) is 6.27. The number of carbonyl (C=O) groups is 1. The van der Waals surface area contributed by atoms with Gasteiger partial charge in [0.05, 0.1) is 6.04 Å². The number of cyclic esters (lactones) is 1. The summed E-state index contributed by atoms with van der Waals surface area (Å²) in [7, 11) is 0. The summed E-state index contributed by atoms with van der Waals surface area (Å²) < 4.78 is 5.33. The molecule has 1 atom stereocenters. The summed E-state index contributed by atoms with van der Waals surface area (Å²) in [6.07, 6.45) is 7.79. The third kappa shape index (κ3) is 2.23. The fourth-order valence-electron chi connectivity index (χ4n) is 2.35. The molecular formula is C13H21NO2. The van der Waals surface area contributed by atoms with Crippen molar-refractivity contribution in [2.75, 3.05) is 0 Å². The van der Waals surface area contributed by atoms with E-state index < -0.39 is 0 Å². The van der Waals surface area contributed by atoms with Crippen molar-refractivity contribution in [1.82, 2.24) is 4.90 Å². The number of amides is 1. The molecule has 0 bridgehead atoms. The van der Waals surface area contributed by atoms with Gasteiger partial charge in [0.25, 0.3) is 0 Å². The molecule has 0 aliphatic carbocycles. The van der Waals surface area contributed by atoms with Crippen molar-refractivity contribution in [3.05, 3.63) is 11.8 Å². The van der Waals surface area contributed by atoms with E-state index in [4.69, 9.17) is 4.74 Å². The Morgan fingerprint density at radius 3 is 2.94 bits per heavy atom. The van der Waals surface area contributed by atoms with Crippen LogP contribution in [0.5, 0.6) is 0 Å². The third-order valence-electron chi connectivity index (χ3n) is 3.27. The standard InChI is InChI=1S/C13H21NO2/c1-4-5-6-7-8-10-11-9-13(2,3)16-12(15)14(10)11/h8,11H,4-7,9H2,1-3H3/b10-8+/t11-,14?/m0/s1. The summed E-state index contributed by atoms with van der Waals surface area (Å²) in [5.74, 6) is 0. The average Bonchev–Trinajstić information content (AvgIpc) is 2.84. The van der Waals surface area contributed by atoms with E-state index in [2.05, 4.69) is 13.0 Å². The predicted octanol–water partition coefficient (Wildman–Crippen LogP) is 3.45. The van der Waals surface area contributed by atoms with Gasteiger partial charge in [0, 0.05) is 12.1 Å². The number of ether oxygens (including phenoxy) is 1. The van der Waals surface area contributed by atoms with Gasteiger partial charge in [0.1, 0.15) is 5.60 Å². The Hall–Kier alpha value is -0.990. The molecule has 2 saturated heterocycles. The molecule has 0 aromatic carbocycles. The fraction of sp³-hybridized carbons (Fsp3) is 0.769. The lowest BCUT2D eigenvalue weighted by Crippen LogP contribution is -2.37. The van der Waals surface area contributed by atoms with E-state index in [0.717, 1.165) is 12.8 Å². The Morgan fingerprint density at radius 2 is 2.25 bits per heavy atom. The molecular weight excluding hydrogens is 202 g/mol. The summed E-state index contributed by atoms with van der Waals surface area (Å²) in [5, 5.41) is 0. The van der Waals surface area contributed by atoms with Gasteiger partial charge in [-0.1, -0.05) is 25.8 Å². The quantitative estimate of drug-likeness (QED) is 0.539. The van der Waals surface area contributed by atoms with E-state index in [1.165, 1.54) is 25.0 Å². The van der Waals surface area contributed by atoms with Crippen LogP contribution in [0.15, 0.2) is 11.8 Å². The van der Waals surface area contributed by atoms with Crippen LogP contribution in [-0.2, 0) is 4.74 Å². The number of rotatable bonds is 4. The summed E-state index contributed by atoms with van der Waals surface area (Å²) >= 11 is 0. The maximum Gasteiger partial charge on any atom is 0.415 e. The first kappa shape index (κ1) is 11.5. The molecule has 0 radical (unpaired) electrons. The number of unbranched alkanes of at least 4 members (excludes halogenated alkanes) is 3. The van der Waals surface area contributed by atoms with Gasteiger partial charge in [0.15, 0.2) is 0 Å². The van der Waals surface area contributed by atoms with Crippen molar-refractivity contribution in [2.24, 2.45) is 0 Å². The molecule has 90 valence electrons. The Labute approximate surface area is 97.5 Å². The van der Waals surface area contributed by atoms with Crippen LogP contribution in [-0.4, -0.2) is 22.6 Å². The Morgan fingerprint density at radius 1 is 1.50 bits per heavy atom. The molecule has 3 nitrogen and oxygen atoms in total. The first-order valence-electron chi connectivity index (χ1n) is 6.27. The fourth-order valence-corrected chi connectivity index (χ4v) is 2.35. The minimum absolute atomic E-state index is 0.164. The van der Waals surface area contributed by atoms with E-state index in [-0.39, 0.29) is 11.7 Å². The lowest BCUT2D eigenvalue weighted by atomic mass is 10.0. The normalized spacial score (nSPS) is 28.9. The number of nitrogens with zero attached hydrogens (tertiary/aromatic N) is 1. The van der Waals surface area contributed by atoms with Gasteiger partial charge >= 0.3 is 6.09 Å². The zero-order valence-corrected chi connectivity index (χ0v) is 10.5. The Bertz CT molecular complexity index is 320. The minimum atomic E-state index is -0.294. The van der Waals surface area contributed by atoms with Crippen LogP contribution >= 0.6 is 0 Å². The van der Waals surface area contributed by atoms with E-state index in [1.807, 2.05) is 13.8 Å². The number of hydrogen-bond donors (Lipinski definition) is 0. The van der Waals surface area contributed by atoms with E-state index in [0.29, 0.717) is 6.04 Å². The second-order valence-electron chi connectivity index (χ2n) is 5.34. The van der Waals surface area contributed by atoms with E-state index in [1.54, 1.807) is 4.90 Å². The number of allylic oxidation sites excluding steroid dienone is 1. The molecule has 16 heavy (non-hydrogen) atoms. The molecule has 0 spiro atoms. The van der Waals surface area contributed by atoms with Crippen molar-refractivity contribution in [2.45, 2.75) is 64.5 Å². The van der Waals surface area contributed by atoms with Gasteiger partial charge in [-0.05, 0) is 26.7 Å². The second kappa shape index (κ2) is 4.11. The van der Waals surface area contributed by atoms with Crippen LogP contribution in [0.2, 0.25) is 0 Å². The van der Waals surface area contributed by atoms with Crippen molar-refractivity contribution in [1.29, 1.82) is 0 Å². The van der Waals surface area contributed by atoms with Crippen LogP contribution in [0.25, 0.3) is 0 Å². The van der Waals surface area contributed by atoms with Crippen molar-refractivity contribution in [3.63, 3.8) is 0 Å². The average molecular weight is 223 g/mol. The van der Waals surface area contributed by atoms with Crippen LogP contribution in [0.4, 0.5) is 4.79 Å². The molecule has 2 aliphatic rings. The Balaban J connectivity index is 1.89. The highest BCUT2D eigenvalue weighted by Gasteiger charge is 2.54. The van der Waals surface area contributed by atoms with Crippen molar-refractivity contribution in [3.8, 4) is 0 Å². The lowest BCUT2D eigenvalue weighted by molar-refractivity contribution is 0.00124. The monoisotopic (exact) mass is 223 g/mol. The summed E-state index contributed by atoms with van der Waals surface area (Å²) in [6.45, 7) is 6.16. The van der Waals surface area contributed by atoms with Crippen LogP contribution in [0, 0.1) is 0 Å². The predicted molar refractivity (Wildman–Crippen MR) is 63.0 cm³/mol. The number of fused-ring (bicyclic) bond motifs is 1. The van der Waals surface area contributed by atoms with Gasteiger partial charge in [0.2, 0.25) is 0 Å². The van der Waals surface area contributed by atoms with Crippen molar-refractivity contribution >= 4 is 6.09 Å². The smallest absolute Gasteiger partial charge is 0.415 e. The molecule has 0 saturated carbocycles. The highest BCUT2D eigenvalue weighted by Crippen LogP contribution is 2.45. The lowest BCUT2D eigenvalue weighted by Gasteiger charge is -2.28. The van der Waals surface area contributed by atoms with E-state index in [9.17, 15) is 4.79 Å². The molecule has 2 aliphatic heterocycles. The minimum Gasteiger partial charge on any atom is -0.443 e. The third-order valence-corrected chi connectivity index (χ3v) is 3.27.